The SMILES string of the molecule is CCC1C(=O)N(C)c2cnc(-n3cc[n+](C)c3-c3ccccc3)nc2N1NC.CCC1C(=O)N(C)c2cnc(-n3ccnc3-c3ccccc3)nc2N1N.[2H]CF. The van der Waals surface area contributed by atoms with Gasteiger partial charge in [0.25, 0.3) is 17.6 Å². The summed E-state index contributed by atoms with van der Waals surface area (Å²) >= 11 is 0. The normalized spacial score (nSPS) is 16.3. The van der Waals surface area contributed by atoms with Crippen molar-refractivity contribution in [2.75, 3.05) is 48.1 Å². The molecule has 56 heavy (non-hydrogen) atoms. The van der Waals surface area contributed by atoms with Crippen LogP contribution in [-0.4, -0.2) is 86.2 Å². The molecular formula is C39H46FN14O2+. The first-order chi connectivity index (χ1) is 27.6. The molecular weight excluding hydrogens is 716 g/mol. The molecule has 3 N–H and O–H groups in total. The number of rotatable bonds is 7. The van der Waals surface area contributed by atoms with E-state index in [9.17, 15) is 14.0 Å². The van der Waals surface area contributed by atoms with Gasteiger partial charge in [0.2, 0.25) is 5.95 Å². The van der Waals surface area contributed by atoms with Crippen molar-refractivity contribution in [3.8, 4) is 34.7 Å². The average molecular weight is 763 g/mol. The zero-order valence-electron chi connectivity index (χ0n) is 33.2. The molecule has 0 radical (unpaired) electrons. The van der Waals surface area contributed by atoms with Gasteiger partial charge in [0, 0.05) is 39.1 Å². The van der Waals surface area contributed by atoms with Gasteiger partial charge in [0.05, 0.1) is 33.5 Å². The van der Waals surface area contributed by atoms with E-state index < -0.39 is 13.2 Å². The Morgan fingerprint density at radius 1 is 0.804 bits per heavy atom. The smallest absolute Gasteiger partial charge is 0.309 e. The molecule has 0 saturated heterocycles. The van der Waals surface area contributed by atoms with Crippen molar-refractivity contribution in [1.82, 2.24) is 39.5 Å². The molecule has 6 heterocycles. The first-order valence-corrected chi connectivity index (χ1v) is 18.0. The molecule has 0 bridgehead atoms. The van der Waals surface area contributed by atoms with Crippen molar-refractivity contribution < 1.29 is 19.9 Å². The van der Waals surface area contributed by atoms with Crippen LogP contribution < -0.4 is 35.7 Å². The van der Waals surface area contributed by atoms with Gasteiger partial charge in [-0.25, -0.2) is 25.8 Å². The van der Waals surface area contributed by atoms with Crippen LogP contribution in [0.15, 0.2) is 97.8 Å². The minimum atomic E-state index is -1.00. The zero-order chi connectivity index (χ0) is 40.8. The maximum atomic E-state index is 12.7. The molecule has 2 aliphatic rings. The Balaban J connectivity index is 0.000000181. The van der Waals surface area contributed by atoms with E-state index in [4.69, 9.17) is 12.2 Å². The molecule has 290 valence electrons. The monoisotopic (exact) mass is 762 g/mol. The maximum Gasteiger partial charge on any atom is 0.328 e. The maximum absolute atomic E-state index is 12.7. The molecule has 0 fully saturated rings. The minimum absolute atomic E-state index is 0.0260. The van der Waals surface area contributed by atoms with Crippen molar-refractivity contribution in [3.63, 3.8) is 0 Å². The number of imidazole rings is 2. The van der Waals surface area contributed by atoms with Crippen LogP contribution in [0.5, 0.6) is 0 Å². The number of halogens is 1. The lowest BCUT2D eigenvalue weighted by atomic mass is 10.1. The first-order valence-electron chi connectivity index (χ1n) is 18.7. The van der Waals surface area contributed by atoms with Gasteiger partial charge in [-0.2, -0.15) is 19.5 Å². The van der Waals surface area contributed by atoms with Crippen LogP contribution >= 0.6 is 0 Å². The van der Waals surface area contributed by atoms with Gasteiger partial charge in [-0.3, -0.25) is 28.6 Å². The van der Waals surface area contributed by atoms with Crippen molar-refractivity contribution in [2.45, 2.75) is 38.8 Å². The summed E-state index contributed by atoms with van der Waals surface area (Å²) in [4.78, 5) is 51.1. The highest BCUT2D eigenvalue weighted by Gasteiger charge is 2.38. The number of nitrogens with two attached hydrogens (primary N) is 1. The Bertz CT molecular complexity index is 2320. The molecule has 2 amide bonds. The number of hydrogen-bond acceptors (Lipinski definition) is 11. The standard InChI is InChI=1S/C20H24N7O.C18H19N7O.CH3F/c1-5-15-19(28)25(4)16-13-22-20(23-17(16)27(15)21-2)26-12-11-24(3)18(26)14-9-7-6-8-10-14;1-3-13-17(26)23(2)14-11-21-18(22-16(14)25(13)19)24-10-9-20-15(24)12-7-5-4-6-8-12;1-2/h6-13,15,21H,5H2,1-4H3;4-11,13H,3,19H2,1-2H3;1H3/q+1;;/i;;1D. The van der Waals surface area contributed by atoms with Gasteiger partial charge in [-0.15, -0.1) is 0 Å². The van der Waals surface area contributed by atoms with E-state index in [-0.39, 0.29) is 17.9 Å². The predicted molar refractivity (Wildman–Crippen MR) is 213 cm³/mol. The molecule has 0 saturated carbocycles. The van der Waals surface area contributed by atoms with Crippen molar-refractivity contribution in [1.29, 1.82) is 0 Å². The second kappa shape index (κ2) is 16.8. The molecule has 2 aliphatic heterocycles. The summed E-state index contributed by atoms with van der Waals surface area (Å²) in [6.45, 7) is 3.92. The topological polar surface area (TPSA) is 163 Å². The van der Waals surface area contributed by atoms with Crippen LogP contribution in [0, 0.1) is 0 Å². The summed E-state index contributed by atoms with van der Waals surface area (Å²) < 4.78 is 21.3. The second-order valence-electron chi connectivity index (χ2n) is 12.9. The van der Waals surface area contributed by atoms with E-state index in [0.717, 1.165) is 22.8 Å². The van der Waals surface area contributed by atoms with Crippen LogP contribution in [0.25, 0.3) is 34.7 Å². The molecule has 2 unspecified atom stereocenters. The van der Waals surface area contributed by atoms with E-state index in [2.05, 4.69) is 37.5 Å². The highest BCUT2D eigenvalue weighted by atomic mass is 19.1. The van der Waals surface area contributed by atoms with Crippen LogP contribution in [0.4, 0.5) is 27.4 Å². The Kier molecular flexibility index (Phi) is 11.3. The van der Waals surface area contributed by atoms with Gasteiger partial charge < -0.3 is 9.80 Å². The first kappa shape index (κ1) is 37.7. The fourth-order valence-electron chi connectivity index (χ4n) is 6.82. The van der Waals surface area contributed by atoms with E-state index >= 15 is 0 Å². The molecule has 4 aromatic heterocycles. The molecule has 0 aliphatic carbocycles. The number of nitrogens with one attached hydrogen (secondary N) is 1. The number of hydrazine groups is 2. The van der Waals surface area contributed by atoms with Gasteiger partial charge in [-0.1, -0.05) is 62.4 Å². The third-order valence-corrected chi connectivity index (χ3v) is 9.70. The summed E-state index contributed by atoms with van der Waals surface area (Å²) in [6.07, 6.45) is 12.0. The van der Waals surface area contributed by atoms with Crippen LogP contribution in [-0.2, 0) is 16.6 Å². The fraction of sp³-hybridized carbons (Fsp3) is 0.282. The molecule has 0 spiro atoms. The van der Waals surface area contributed by atoms with E-state index in [1.54, 1.807) is 60.3 Å². The molecule has 2 atom stereocenters. The highest BCUT2D eigenvalue weighted by molar-refractivity contribution is 6.04. The zero-order valence-corrected chi connectivity index (χ0v) is 32.2. The average Bonchev–Trinajstić information content (AvgIpc) is 3.89. The molecule has 17 heteroatoms. The van der Waals surface area contributed by atoms with Crippen molar-refractivity contribution in [2.24, 2.45) is 12.9 Å². The summed E-state index contributed by atoms with van der Waals surface area (Å²) in [5, 5.41) is 3.26. The molecule has 2 aromatic carbocycles. The van der Waals surface area contributed by atoms with E-state index in [1.807, 2.05) is 96.0 Å². The fourth-order valence-corrected chi connectivity index (χ4v) is 6.82. The van der Waals surface area contributed by atoms with Gasteiger partial charge in [0.15, 0.2) is 11.6 Å². The number of hydrogen-bond donors (Lipinski definition) is 2. The minimum Gasteiger partial charge on any atom is -0.309 e. The summed E-state index contributed by atoms with van der Waals surface area (Å²) in [5.41, 5.74) is 6.43. The number of fused-ring (bicyclic) bond motifs is 2. The Morgan fingerprint density at radius 3 is 1.93 bits per heavy atom. The summed E-state index contributed by atoms with van der Waals surface area (Å²) in [7, 11) is 6.28. The van der Waals surface area contributed by atoms with Crippen molar-refractivity contribution in [3.05, 3.63) is 97.8 Å². The third kappa shape index (κ3) is 7.04. The molecule has 8 rings (SSSR count). The van der Waals surface area contributed by atoms with E-state index in [0.29, 0.717) is 47.7 Å². The number of amides is 2. The van der Waals surface area contributed by atoms with Crippen molar-refractivity contribution >= 4 is 34.8 Å². The van der Waals surface area contributed by atoms with Crippen LogP contribution in [0.2, 0.25) is 0 Å². The Morgan fingerprint density at radius 2 is 1.34 bits per heavy atom. The Labute approximate surface area is 326 Å². The summed E-state index contributed by atoms with van der Waals surface area (Å²) in [6, 6.07) is 19.2. The Hall–Kier alpha value is -6.59. The third-order valence-electron chi connectivity index (χ3n) is 9.70. The molecule has 16 nitrogen and oxygen atoms in total. The van der Waals surface area contributed by atoms with Gasteiger partial charge >= 0.3 is 5.95 Å². The number of nitrogens with zero attached hydrogens (tertiary/aromatic N) is 12. The molecule has 6 aromatic rings. The van der Waals surface area contributed by atoms with Crippen LogP contribution in [0.1, 0.15) is 28.1 Å². The quantitative estimate of drug-likeness (QED) is 0.180. The number of alkyl halides is 1. The lowest BCUT2D eigenvalue weighted by Crippen LogP contribution is -2.56. The second-order valence-corrected chi connectivity index (χ2v) is 12.9. The number of aryl methyl sites for hydroxylation is 1. The number of benzene rings is 2. The number of anilines is 4. The number of likely N-dealkylation sites (N-methyl/N-ethyl adjacent to an activating group) is 2. The van der Waals surface area contributed by atoms with Gasteiger partial charge in [-0.05, 0) is 25.0 Å². The van der Waals surface area contributed by atoms with E-state index in [1.165, 1.54) is 5.01 Å². The predicted octanol–water partition coefficient (Wildman–Crippen LogP) is 3.80. The lowest BCUT2D eigenvalue weighted by molar-refractivity contribution is -0.659. The lowest BCUT2D eigenvalue weighted by Gasteiger charge is -2.39. The van der Waals surface area contributed by atoms with Crippen LogP contribution in [0.3, 0.4) is 0 Å². The highest BCUT2D eigenvalue weighted by Crippen LogP contribution is 2.35. The summed E-state index contributed by atoms with van der Waals surface area (Å²) in [5.74, 6) is 10.1. The largest absolute Gasteiger partial charge is 0.328 e. The number of carbonyl (C=O) groups excluding carboxylic acids is 2. The number of carbonyl (C=O) groups is 2. The number of aromatic nitrogens is 8. The van der Waals surface area contributed by atoms with Gasteiger partial charge in [0.1, 0.15) is 41.7 Å².